The Balaban J connectivity index is 1.33. The Morgan fingerprint density at radius 2 is 1.70 bits per heavy atom. The van der Waals surface area contributed by atoms with E-state index in [0.717, 1.165) is 30.8 Å². The minimum Gasteiger partial charge on any atom is -0.372 e. The van der Waals surface area contributed by atoms with Crippen molar-refractivity contribution in [2.45, 2.75) is 38.4 Å². The lowest BCUT2D eigenvalue weighted by Gasteiger charge is -2.29. The van der Waals surface area contributed by atoms with Crippen molar-refractivity contribution in [1.29, 1.82) is 0 Å². The summed E-state index contributed by atoms with van der Waals surface area (Å²) in [7, 11) is 1.77. The van der Waals surface area contributed by atoms with Gasteiger partial charge in [-0.25, -0.2) is 4.98 Å². The minimum absolute atomic E-state index is 0.0561. The van der Waals surface area contributed by atoms with Crippen LogP contribution in [0.15, 0.2) is 53.9 Å². The Kier molecular flexibility index (Phi) is 7.02. The maximum Gasteiger partial charge on any atom is 0.416 e. The van der Waals surface area contributed by atoms with Crippen molar-refractivity contribution in [3.8, 4) is 10.6 Å². The zero-order chi connectivity index (χ0) is 23.4. The number of nitrogens with zero attached hydrogens (tertiary/aromatic N) is 3. The number of hydrogen-bond donors (Lipinski definition) is 0. The highest BCUT2D eigenvalue weighted by atomic mass is 32.1. The van der Waals surface area contributed by atoms with Crippen LogP contribution in [0.2, 0.25) is 0 Å². The summed E-state index contributed by atoms with van der Waals surface area (Å²) in [6.07, 6.45) is -0.449. The van der Waals surface area contributed by atoms with Crippen LogP contribution in [-0.4, -0.2) is 35.9 Å². The molecule has 0 aliphatic carbocycles. The molecule has 1 saturated heterocycles. The maximum absolute atomic E-state index is 12.7. The van der Waals surface area contributed by atoms with Crippen LogP contribution in [0, 0.1) is 0 Å². The molecule has 174 valence electrons. The van der Waals surface area contributed by atoms with Crippen molar-refractivity contribution >= 4 is 22.9 Å². The minimum atomic E-state index is -4.36. The van der Waals surface area contributed by atoms with Gasteiger partial charge in [-0.15, -0.1) is 11.3 Å². The molecule has 1 aliphatic rings. The average molecular weight is 474 g/mol. The number of alkyl halides is 3. The van der Waals surface area contributed by atoms with Crippen LogP contribution < -0.4 is 4.90 Å². The number of aromatic nitrogens is 1. The first kappa shape index (κ1) is 23.3. The summed E-state index contributed by atoms with van der Waals surface area (Å²) in [6.45, 7) is 2.70. The molecule has 2 aromatic carbocycles. The second-order valence-electron chi connectivity index (χ2n) is 8.36. The molecule has 3 aromatic rings. The highest BCUT2D eigenvalue weighted by Crippen LogP contribution is 2.32. The fourth-order valence-electron chi connectivity index (χ4n) is 3.94. The molecule has 33 heavy (non-hydrogen) atoms. The highest BCUT2D eigenvalue weighted by Gasteiger charge is 2.30. The normalized spacial score (nSPS) is 14.4. The molecule has 2 heterocycles. The summed E-state index contributed by atoms with van der Waals surface area (Å²) in [4.78, 5) is 21.2. The lowest BCUT2D eigenvalue weighted by atomic mass is 10.1. The summed E-state index contributed by atoms with van der Waals surface area (Å²) in [5.41, 5.74) is 2.82. The second kappa shape index (κ2) is 9.95. The molecule has 8 heteroatoms. The first-order valence-electron chi connectivity index (χ1n) is 11.0. The van der Waals surface area contributed by atoms with Crippen molar-refractivity contribution in [3.05, 3.63) is 70.7 Å². The summed E-state index contributed by atoms with van der Waals surface area (Å²) in [6, 6.07) is 13.3. The van der Waals surface area contributed by atoms with Crippen molar-refractivity contribution in [2.75, 3.05) is 25.0 Å². The van der Waals surface area contributed by atoms with E-state index in [9.17, 15) is 18.0 Å². The third kappa shape index (κ3) is 5.93. The molecule has 1 fully saturated rings. The van der Waals surface area contributed by atoms with Gasteiger partial charge in [0.05, 0.1) is 17.7 Å². The molecular formula is C25H26F3N3OS. The van der Waals surface area contributed by atoms with Gasteiger partial charge in [-0.3, -0.25) is 4.79 Å². The molecule has 0 bridgehead atoms. The molecule has 4 rings (SSSR count). The zero-order valence-corrected chi connectivity index (χ0v) is 19.3. The number of likely N-dealkylation sites (N-methyl/N-ethyl adjacent to an activating group) is 1. The van der Waals surface area contributed by atoms with E-state index < -0.39 is 11.7 Å². The number of hydrogen-bond acceptors (Lipinski definition) is 4. The van der Waals surface area contributed by atoms with E-state index in [2.05, 4.69) is 34.1 Å². The van der Waals surface area contributed by atoms with Gasteiger partial charge in [0.25, 0.3) is 0 Å². The number of thiazole rings is 1. The summed E-state index contributed by atoms with van der Waals surface area (Å²) in [5.74, 6) is -0.0561. The number of anilines is 1. The van der Waals surface area contributed by atoms with Gasteiger partial charge in [-0.1, -0.05) is 24.3 Å². The van der Waals surface area contributed by atoms with Crippen molar-refractivity contribution in [1.82, 2.24) is 9.88 Å². The number of rotatable bonds is 6. The van der Waals surface area contributed by atoms with Crippen LogP contribution in [-0.2, 0) is 23.9 Å². The van der Waals surface area contributed by atoms with E-state index in [1.54, 1.807) is 17.3 Å². The Bertz CT molecular complexity index is 1070. The van der Waals surface area contributed by atoms with E-state index in [1.807, 2.05) is 0 Å². The number of piperidine rings is 1. The lowest BCUT2D eigenvalue weighted by molar-refractivity contribution is -0.137. The first-order valence-corrected chi connectivity index (χ1v) is 11.9. The van der Waals surface area contributed by atoms with Crippen LogP contribution in [0.3, 0.4) is 0 Å². The molecule has 1 amide bonds. The van der Waals surface area contributed by atoms with Gasteiger partial charge in [0.15, 0.2) is 0 Å². The van der Waals surface area contributed by atoms with Crippen molar-refractivity contribution < 1.29 is 18.0 Å². The summed E-state index contributed by atoms with van der Waals surface area (Å²) >= 11 is 1.32. The van der Waals surface area contributed by atoms with Gasteiger partial charge in [0.1, 0.15) is 5.01 Å². The van der Waals surface area contributed by atoms with Gasteiger partial charge in [-0.05, 0) is 49.1 Å². The van der Waals surface area contributed by atoms with E-state index in [1.165, 1.54) is 48.4 Å². The summed E-state index contributed by atoms with van der Waals surface area (Å²) < 4.78 is 38.2. The van der Waals surface area contributed by atoms with E-state index in [4.69, 9.17) is 0 Å². The van der Waals surface area contributed by atoms with Crippen LogP contribution >= 0.6 is 11.3 Å². The van der Waals surface area contributed by atoms with Gasteiger partial charge >= 0.3 is 6.18 Å². The van der Waals surface area contributed by atoms with Gasteiger partial charge < -0.3 is 9.80 Å². The smallest absolute Gasteiger partial charge is 0.372 e. The monoisotopic (exact) mass is 473 g/mol. The third-order valence-electron chi connectivity index (χ3n) is 5.85. The number of carbonyl (C=O) groups excluding carboxylic acids is 1. The second-order valence-corrected chi connectivity index (χ2v) is 9.22. The first-order chi connectivity index (χ1) is 15.8. The zero-order valence-electron chi connectivity index (χ0n) is 18.4. The number of amides is 1. The Hall–Kier alpha value is -2.87. The molecule has 0 radical (unpaired) electrons. The molecule has 4 nitrogen and oxygen atoms in total. The molecule has 0 spiro atoms. The van der Waals surface area contributed by atoms with Crippen LogP contribution in [0.5, 0.6) is 0 Å². The number of carbonyl (C=O) groups is 1. The SMILES string of the molecule is CN(Cc1ccc(N2CCCCC2)cc1)C(=O)Cc1csc(-c2ccc(C(F)(F)F)cc2)n1. The predicted octanol–water partition coefficient (Wildman–Crippen LogP) is 6.02. The standard InChI is InChI=1S/C25H26F3N3OS/c1-30(16-18-5-11-22(12-6-18)31-13-3-2-4-14-31)23(32)15-21-17-33-24(29-21)19-7-9-20(10-8-19)25(26,27)28/h5-12,17H,2-4,13-16H2,1H3. The van der Waals surface area contributed by atoms with Crippen LogP contribution in [0.1, 0.15) is 36.1 Å². The van der Waals surface area contributed by atoms with Crippen LogP contribution in [0.4, 0.5) is 18.9 Å². The molecule has 0 atom stereocenters. The topological polar surface area (TPSA) is 36.4 Å². The lowest BCUT2D eigenvalue weighted by Crippen LogP contribution is -2.29. The van der Waals surface area contributed by atoms with E-state index in [-0.39, 0.29) is 12.3 Å². The third-order valence-corrected chi connectivity index (χ3v) is 6.79. The molecular weight excluding hydrogens is 447 g/mol. The number of benzene rings is 2. The van der Waals surface area contributed by atoms with E-state index in [0.29, 0.717) is 22.8 Å². The average Bonchev–Trinajstić information content (AvgIpc) is 3.28. The fraction of sp³-hybridized carbons (Fsp3) is 0.360. The van der Waals surface area contributed by atoms with Gasteiger partial charge in [-0.2, -0.15) is 13.2 Å². The van der Waals surface area contributed by atoms with Crippen molar-refractivity contribution in [2.24, 2.45) is 0 Å². The van der Waals surface area contributed by atoms with Crippen LogP contribution in [0.25, 0.3) is 10.6 Å². The van der Waals surface area contributed by atoms with E-state index >= 15 is 0 Å². The number of halogens is 3. The molecule has 0 saturated carbocycles. The molecule has 1 aromatic heterocycles. The Labute approximate surface area is 195 Å². The molecule has 0 N–H and O–H groups in total. The maximum atomic E-state index is 12.7. The fourth-order valence-corrected chi connectivity index (χ4v) is 4.76. The largest absolute Gasteiger partial charge is 0.416 e. The predicted molar refractivity (Wildman–Crippen MR) is 125 cm³/mol. The van der Waals surface area contributed by atoms with Gasteiger partial charge in [0, 0.05) is 43.3 Å². The Morgan fingerprint density at radius 1 is 1.03 bits per heavy atom. The summed E-state index contributed by atoms with van der Waals surface area (Å²) in [5, 5.41) is 2.38. The van der Waals surface area contributed by atoms with Crippen molar-refractivity contribution in [3.63, 3.8) is 0 Å². The quantitative estimate of drug-likeness (QED) is 0.439. The van der Waals surface area contributed by atoms with Gasteiger partial charge in [0.2, 0.25) is 5.91 Å². The molecule has 0 unspecified atom stereocenters. The molecule has 1 aliphatic heterocycles. The highest BCUT2D eigenvalue weighted by molar-refractivity contribution is 7.13. The Morgan fingerprint density at radius 3 is 2.33 bits per heavy atom.